The summed E-state index contributed by atoms with van der Waals surface area (Å²) in [5.41, 5.74) is 0.550. The molecule has 2 rings (SSSR count). The molecule has 0 radical (unpaired) electrons. The van der Waals surface area contributed by atoms with Crippen molar-refractivity contribution in [3.05, 3.63) is 34.6 Å². The molecule has 1 aliphatic rings. The Morgan fingerprint density at radius 3 is 2.81 bits per heavy atom. The van der Waals surface area contributed by atoms with E-state index in [2.05, 4.69) is 5.32 Å². The van der Waals surface area contributed by atoms with E-state index >= 15 is 0 Å². The van der Waals surface area contributed by atoms with E-state index in [9.17, 15) is 14.3 Å². The monoisotopic (exact) mass is 316 g/mol. The molecule has 2 N–H and O–H groups in total. The lowest BCUT2D eigenvalue weighted by Crippen LogP contribution is -2.45. The molecule has 1 atom stereocenters. The molecule has 0 saturated carbocycles. The number of aliphatic hydroxyl groups excluding tert-OH is 1. The molecule has 0 unspecified atom stereocenters. The summed E-state index contributed by atoms with van der Waals surface area (Å²) in [5, 5.41) is 12.4. The number of hydrogen-bond acceptors (Lipinski definition) is 4. The summed E-state index contributed by atoms with van der Waals surface area (Å²) in [6, 6.07) is 3.80. The van der Waals surface area contributed by atoms with Gasteiger partial charge in [0.1, 0.15) is 5.82 Å². The Labute approximate surface area is 127 Å². The van der Waals surface area contributed by atoms with Crippen LogP contribution >= 0.6 is 11.6 Å². The molecule has 0 aromatic heterocycles. The van der Waals surface area contributed by atoms with Gasteiger partial charge in [0, 0.05) is 13.1 Å². The van der Waals surface area contributed by atoms with E-state index in [1.165, 1.54) is 12.1 Å². The Hall–Kier alpha value is -1.21. The maximum Gasteiger partial charge on any atom is 0.236 e. The van der Waals surface area contributed by atoms with Crippen molar-refractivity contribution in [2.45, 2.75) is 6.04 Å². The van der Waals surface area contributed by atoms with Crippen LogP contribution in [-0.4, -0.2) is 55.4 Å². The molecule has 1 aromatic rings. The first-order valence-corrected chi connectivity index (χ1v) is 7.14. The van der Waals surface area contributed by atoms with Crippen molar-refractivity contribution in [3.63, 3.8) is 0 Å². The Balaban J connectivity index is 1.92. The van der Waals surface area contributed by atoms with Crippen LogP contribution in [0.4, 0.5) is 4.39 Å². The third-order valence-electron chi connectivity index (χ3n) is 3.39. The highest BCUT2D eigenvalue weighted by molar-refractivity contribution is 6.30. The van der Waals surface area contributed by atoms with Crippen molar-refractivity contribution in [1.29, 1.82) is 0 Å². The smallest absolute Gasteiger partial charge is 0.236 e. The van der Waals surface area contributed by atoms with Gasteiger partial charge in [-0.3, -0.25) is 10.1 Å². The maximum absolute atomic E-state index is 13.4. The van der Waals surface area contributed by atoms with Crippen molar-refractivity contribution in [2.75, 3.05) is 39.5 Å². The molecular formula is C14H18ClFN2O3. The third kappa shape index (κ3) is 4.38. The maximum atomic E-state index is 13.4. The zero-order valence-electron chi connectivity index (χ0n) is 11.5. The quantitative estimate of drug-likeness (QED) is 0.849. The second kappa shape index (κ2) is 7.70. The van der Waals surface area contributed by atoms with Crippen LogP contribution in [0.15, 0.2) is 18.2 Å². The summed E-state index contributed by atoms with van der Waals surface area (Å²) in [5.74, 6) is -0.611. The van der Waals surface area contributed by atoms with Gasteiger partial charge in [0.05, 0.1) is 37.4 Å². The number of ether oxygens (including phenoxy) is 1. The molecule has 0 bridgehead atoms. The summed E-state index contributed by atoms with van der Waals surface area (Å²) in [4.78, 5) is 13.7. The lowest BCUT2D eigenvalue weighted by atomic mass is 10.1. The second-order valence-electron chi connectivity index (χ2n) is 4.78. The van der Waals surface area contributed by atoms with Crippen molar-refractivity contribution in [2.24, 2.45) is 0 Å². The van der Waals surface area contributed by atoms with Crippen LogP contribution in [0.25, 0.3) is 0 Å². The van der Waals surface area contributed by atoms with Crippen molar-refractivity contribution in [3.8, 4) is 0 Å². The van der Waals surface area contributed by atoms with Crippen molar-refractivity contribution >= 4 is 17.5 Å². The summed E-state index contributed by atoms with van der Waals surface area (Å²) in [6.45, 7) is 2.06. The average Bonchev–Trinajstić information content (AvgIpc) is 2.52. The Bertz CT molecular complexity index is 495. The molecule has 1 fully saturated rings. The molecule has 1 heterocycles. The van der Waals surface area contributed by atoms with Crippen LogP contribution in [0.2, 0.25) is 5.02 Å². The Morgan fingerprint density at radius 2 is 2.19 bits per heavy atom. The van der Waals surface area contributed by atoms with Gasteiger partial charge < -0.3 is 14.7 Å². The summed E-state index contributed by atoms with van der Waals surface area (Å²) >= 11 is 5.63. The number of halogens is 2. The van der Waals surface area contributed by atoms with Crippen LogP contribution in [0.5, 0.6) is 0 Å². The second-order valence-corrected chi connectivity index (χ2v) is 5.19. The lowest BCUT2D eigenvalue weighted by molar-refractivity contribution is -0.134. The van der Waals surface area contributed by atoms with Gasteiger partial charge in [-0.1, -0.05) is 17.7 Å². The molecule has 1 saturated heterocycles. The number of amides is 1. The zero-order valence-corrected chi connectivity index (χ0v) is 12.3. The van der Waals surface area contributed by atoms with Gasteiger partial charge in [0.15, 0.2) is 0 Å². The summed E-state index contributed by atoms with van der Waals surface area (Å²) < 4.78 is 18.6. The zero-order chi connectivity index (χ0) is 15.2. The number of carbonyl (C=O) groups is 1. The van der Waals surface area contributed by atoms with E-state index in [0.717, 1.165) is 0 Å². The first-order chi connectivity index (χ1) is 10.1. The van der Waals surface area contributed by atoms with Gasteiger partial charge in [0.2, 0.25) is 5.91 Å². The predicted octanol–water partition coefficient (Wildman–Crippen LogP) is 0.961. The van der Waals surface area contributed by atoms with E-state index in [4.69, 9.17) is 16.3 Å². The van der Waals surface area contributed by atoms with Crippen LogP contribution in [0.3, 0.4) is 0 Å². The van der Waals surface area contributed by atoms with Crippen LogP contribution in [-0.2, 0) is 9.53 Å². The molecule has 1 amide bonds. The number of nitrogens with zero attached hydrogens (tertiary/aromatic N) is 1. The predicted molar refractivity (Wildman–Crippen MR) is 76.6 cm³/mol. The van der Waals surface area contributed by atoms with E-state index in [1.807, 2.05) is 0 Å². The number of aliphatic hydroxyl groups is 1. The molecule has 116 valence electrons. The van der Waals surface area contributed by atoms with E-state index in [0.29, 0.717) is 31.9 Å². The lowest BCUT2D eigenvalue weighted by Gasteiger charge is -2.27. The van der Waals surface area contributed by atoms with E-state index < -0.39 is 11.9 Å². The average molecular weight is 317 g/mol. The molecule has 1 aliphatic heterocycles. The van der Waals surface area contributed by atoms with Gasteiger partial charge in [0.25, 0.3) is 0 Å². The first-order valence-electron chi connectivity index (χ1n) is 6.76. The molecule has 5 nitrogen and oxygen atoms in total. The molecular weight excluding hydrogens is 299 g/mol. The first kappa shape index (κ1) is 16.2. The normalized spacial score (nSPS) is 16.8. The SMILES string of the molecule is O=C(CN[C@@H](CO)c1ccc(Cl)c(F)c1)N1CCOCC1. The van der Waals surface area contributed by atoms with Gasteiger partial charge in [-0.25, -0.2) is 4.39 Å². The number of morpholine rings is 1. The standard InChI is InChI=1S/C14H18ClFN2O3/c15-11-2-1-10(7-12(11)16)13(9-19)17-8-14(20)18-3-5-21-6-4-18/h1-2,7,13,17,19H,3-6,8-9H2/t13-/m0/s1. The Kier molecular flexibility index (Phi) is 5.93. The fraction of sp³-hybridized carbons (Fsp3) is 0.500. The van der Waals surface area contributed by atoms with Crippen LogP contribution in [0.1, 0.15) is 11.6 Å². The van der Waals surface area contributed by atoms with Crippen LogP contribution in [0, 0.1) is 5.82 Å². The highest BCUT2D eigenvalue weighted by Gasteiger charge is 2.19. The summed E-state index contributed by atoms with van der Waals surface area (Å²) in [6.07, 6.45) is 0. The van der Waals surface area contributed by atoms with Crippen molar-refractivity contribution < 1.29 is 19.0 Å². The van der Waals surface area contributed by atoms with Gasteiger partial charge in [-0.2, -0.15) is 0 Å². The highest BCUT2D eigenvalue weighted by Crippen LogP contribution is 2.20. The minimum Gasteiger partial charge on any atom is -0.394 e. The van der Waals surface area contributed by atoms with Gasteiger partial charge in [-0.15, -0.1) is 0 Å². The molecule has 7 heteroatoms. The highest BCUT2D eigenvalue weighted by atomic mass is 35.5. The molecule has 0 spiro atoms. The number of carbonyl (C=O) groups excluding carboxylic acids is 1. The number of nitrogens with one attached hydrogen (secondary N) is 1. The Morgan fingerprint density at radius 1 is 1.48 bits per heavy atom. The van der Waals surface area contributed by atoms with Crippen LogP contribution < -0.4 is 5.32 Å². The van der Waals surface area contributed by atoms with Crippen molar-refractivity contribution in [1.82, 2.24) is 10.2 Å². The van der Waals surface area contributed by atoms with E-state index in [1.54, 1.807) is 11.0 Å². The van der Waals surface area contributed by atoms with Gasteiger partial charge >= 0.3 is 0 Å². The molecule has 21 heavy (non-hydrogen) atoms. The minimum atomic E-state index is -0.547. The van der Waals surface area contributed by atoms with E-state index in [-0.39, 0.29) is 24.1 Å². The summed E-state index contributed by atoms with van der Waals surface area (Å²) in [7, 11) is 0. The fourth-order valence-corrected chi connectivity index (χ4v) is 2.27. The van der Waals surface area contributed by atoms with Gasteiger partial charge in [-0.05, 0) is 17.7 Å². The third-order valence-corrected chi connectivity index (χ3v) is 3.70. The minimum absolute atomic E-state index is 0.0276. The largest absolute Gasteiger partial charge is 0.394 e. The number of hydrogen-bond donors (Lipinski definition) is 2. The molecule has 0 aliphatic carbocycles. The topological polar surface area (TPSA) is 61.8 Å². The number of benzene rings is 1. The number of rotatable bonds is 5. The fourth-order valence-electron chi connectivity index (χ4n) is 2.15. The molecule has 1 aromatic carbocycles.